The van der Waals surface area contributed by atoms with Gasteiger partial charge in [0.15, 0.2) is 0 Å². The van der Waals surface area contributed by atoms with Crippen molar-refractivity contribution >= 4 is 0 Å². The Morgan fingerprint density at radius 3 is 1.69 bits per heavy atom. The zero-order valence-corrected chi connectivity index (χ0v) is 11.7. The van der Waals surface area contributed by atoms with Gasteiger partial charge in [0.05, 0.1) is 0 Å². The fraction of sp³-hybridized carbons (Fsp3) is 0.846. The van der Waals surface area contributed by atoms with Gasteiger partial charge in [-0.05, 0) is 6.92 Å². The number of aromatic amines is 1. The van der Waals surface area contributed by atoms with Crippen LogP contribution in [0.2, 0.25) is 0 Å². The van der Waals surface area contributed by atoms with Crippen LogP contribution in [0.15, 0.2) is 6.33 Å². The molecule has 1 rings (SSSR count). The van der Waals surface area contributed by atoms with Gasteiger partial charge in [-0.2, -0.15) is 5.10 Å². The van der Waals surface area contributed by atoms with Crippen molar-refractivity contribution < 1.29 is 0 Å². The summed E-state index contributed by atoms with van der Waals surface area (Å²) in [5.41, 5.74) is 0. The first-order valence-corrected chi connectivity index (χ1v) is 6.63. The average molecular weight is 227 g/mol. The molecular weight excluding hydrogens is 198 g/mol. The zero-order chi connectivity index (χ0) is 12.6. The zero-order valence-electron chi connectivity index (χ0n) is 11.7. The molecule has 1 heterocycles. The minimum atomic E-state index is 0.856. The smallest absolute Gasteiger partial charge is 0.137 e. The third-order valence-electron chi connectivity index (χ3n) is 1.99. The highest BCUT2D eigenvalue weighted by molar-refractivity contribution is 4.70. The number of unbranched alkanes of at least 4 members (excludes halogenated alkanes) is 5. The van der Waals surface area contributed by atoms with Crippen molar-refractivity contribution in [2.24, 2.45) is 0 Å². The van der Waals surface area contributed by atoms with Gasteiger partial charge in [-0.15, -0.1) is 0 Å². The van der Waals surface area contributed by atoms with Crippen molar-refractivity contribution in [3.8, 4) is 0 Å². The summed E-state index contributed by atoms with van der Waals surface area (Å²) in [5, 5.41) is 6.22. The molecule has 0 spiro atoms. The maximum Gasteiger partial charge on any atom is 0.137 e. The molecule has 0 saturated heterocycles. The van der Waals surface area contributed by atoms with Crippen LogP contribution in [-0.2, 0) is 0 Å². The predicted molar refractivity (Wildman–Crippen MR) is 71.5 cm³/mol. The molecule has 0 fully saturated rings. The van der Waals surface area contributed by atoms with Crippen LogP contribution in [0.25, 0.3) is 0 Å². The predicted octanol–water partition coefficient (Wildman–Crippen LogP) is 4.51. The van der Waals surface area contributed by atoms with E-state index in [1.807, 2.05) is 20.8 Å². The van der Waals surface area contributed by atoms with Crippen molar-refractivity contribution in [1.29, 1.82) is 0 Å². The van der Waals surface area contributed by atoms with Gasteiger partial charge < -0.3 is 0 Å². The third kappa shape index (κ3) is 15.6. The highest BCUT2D eigenvalue weighted by Gasteiger charge is 1.83. The number of nitrogens with zero attached hydrogens (tertiary/aromatic N) is 2. The summed E-state index contributed by atoms with van der Waals surface area (Å²) in [6.07, 6.45) is 9.97. The standard InChI is InChI=1S/C8H18.C3H5N3.C2H6/c1-3-5-7-8-6-4-2;1-3-4-2-5-6-3;1-2/h3-8H2,1-2H3;2H,1H3,(H,4,5,6);1-2H3. The Bertz CT molecular complexity index is 177. The van der Waals surface area contributed by atoms with E-state index in [9.17, 15) is 0 Å². The minimum Gasteiger partial charge on any atom is -0.264 e. The minimum absolute atomic E-state index is 0.856. The summed E-state index contributed by atoms with van der Waals surface area (Å²) in [7, 11) is 0. The fourth-order valence-electron chi connectivity index (χ4n) is 1.12. The van der Waals surface area contributed by atoms with E-state index >= 15 is 0 Å². The molecule has 0 radical (unpaired) electrons. The van der Waals surface area contributed by atoms with E-state index < -0.39 is 0 Å². The van der Waals surface area contributed by atoms with Crippen molar-refractivity contribution in [3.05, 3.63) is 12.2 Å². The Kier molecular flexibility index (Phi) is 18.2. The number of nitrogens with one attached hydrogen (secondary N) is 1. The van der Waals surface area contributed by atoms with Crippen LogP contribution in [-0.4, -0.2) is 15.2 Å². The van der Waals surface area contributed by atoms with Crippen LogP contribution >= 0.6 is 0 Å². The van der Waals surface area contributed by atoms with Crippen molar-refractivity contribution in [3.63, 3.8) is 0 Å². The second kappa shape index (κ2) is 16.6. The van der Waals surface area contributed by atoms with E-state index in [2.05, 4.69) is 29.0 Å². The van der Waals surface area contributed by atoms with Crippen LogP contribution in [0.1, 0.15) is 72.0 Å². The lowest BCUT2D eigenvalue weighted by Gasteiger charge is -1.93. The summed E-state index contributed by atoms with van der Waals surface area (Å²) in [4.78, 5) is 3.75. The molecule has 1 aromatic heterocycles. The Hall–Kier alpha value is -0.860. The van der Waals surface area contributed by atoms with Gasteiger partial charge in [0, 0.05) is 0 Å². The number of aromatic nitrogens is 3. The summed E-state index contributed by atoms with van der Waals surface area (Å²) in [6.45, 7) is 10.4. The molecule has 0 aliphatic carbocycles. The summed E-state index contributed by atoms with van der Waals surface area (Å²) < 4.78 is 0. The van der Waals surface area contributed by atoms with E-state index in [1.165, 1.54) is 44.9 Å². The quantitative estimate of drug-likeness (QED) is 0.752. The molecule has 0 unspecified atom stereocenters. The molecule has 0 saturated carbocycles. The Labute approximate surface area is 101 Å². The van der Waals surface area contributed by atoms with Gasteiger partial charge in [-0.1, -0.05) is 66.2 Å². The number of hydrogen-bond acceptors (Lipinski definition) is 2. The maximum atomic E-state index is 3.75. The maximum absolute atomic E-state index is 3.75. The van der Waals surface area contributed by atoms with Crippen molar-refractivity contribution in [2.45, 2.75) is 73.1 Å². The van der Waals surface area contributed by atoms with Gasteiger partial charge in [0.25, 0.3) is 0 Å². The number of rotatable bonds is 5. The van der Waals surface area contributed by atoms with Crippen molar-refractivity contribution in [1.82, 2.24) is 15.2 Å². The molecule has 0 atom stereocenters. The molecular formula is C13H29N3. The highest BCUT2D eigenvalue weighted by Crippen LogP contribution is 2.03. The lowest BCUT2D eigenvalue weighted by Crippen LogP contribution is -1.73. The van der Waals surface area contributed by atoms with Crippen LogP contribution in [0.4, 0.5) is 0 Å². The van der Waals surface area contributed by atoms with Crippen LogP contribution in [0, 0.1) is 6.92 Å². The van der Waals surface area contributed by atoms with E-state index in [-0.39, 0.29) is 0 Å². The van der Waals surface area contributed by atoms with Gasteiger partial charge >= 0.3 is 0 Å². The Morgan fingerprint density at radius 1 is 1.00 bits per heavy atom. The molecule has 0 aromatic carbocycles. The summed E-state index contributed by atoms with van der Waals surface area (Å²) in [6, 6.07) is 0. The first kappa shape index (κ1) is 17.5. The van der Waals surface area contributed by atoms with Gasteiger partial charge in [-0.3, -0.25) is 5.10 Å². The molecule has 3 nitrogen and oxygen atoms in total. The first-order chi connectivity index (χ1) is 7.81. The highest BCUT2D eigenvalue weighted by atomic mass is 15.2. The normalized spacial score (nSPS) is 8.56. The second-order valence-electron chi connectivity index (χ2n) is 3.49. The largest absolute Gasteiger partial charge is 0.264 e. The Balaban J connectivity index is 0. The lowest BCUT2D eigenvalue weighted by atomic mass is 10.1. The molecule has 0 amide bonds. The average Bonchev–Trinajstić information content (AvgIpc) is 2.79. The third-order valence-corrected chi connectivity index (χ3v) is 1.99. The van der Waals surface area contributed by atoms with Crippen LogP contribution < -0.4 is 0 Å². The monoisotopic (exact) mass is 227 g/mol. The van der Waals surface area contributed by atoms with Crippen molar-refractivity contribution in [2.75, 3.05) is 0 Å². The van der Waals surface area contributed by atoms with E-state index in [1.54, 1.807) is 0 Å². The number of aryl methyl sites for hydroxylation is 1. The van der Waals surface area contributed by atoms with Crippen LogP contribution in [0.3, 0.4) is 0 Å². The van der Waals surface area contributed by atoms with Crippen LogP contribution in [0.5, 0.6) is 0 Å². The Morgan fingerprint density at radius 2 is 1.50 bits per heavy atom. The molecule has 3 heteroatoms. The SMILES string of the molecule is CC.CCCCCCCC.Cc1ncn[nH]1. The fourth-order valence-corrected chi connectivity index (χ4v) is 1.12. The number of H-pyrrole nitrogens is 1. The lowest BCUT2D eigenvalue weighted by molar-refractivity contribution is 0.624. The summed E-state index contributed by atoms with van der Waals surface area (Å²) >= 11 is 0. The van der Waals surface area contributed by atoms with E-state index in [4.69, 9.17) is 0 Å². The van der Waals surface area contributed by atoms with Gasteiger partial charge in [0.1, 0.15) is 12.2 Å². The molecule has 0 bridgehead atoms. The first-order valence-electron chi connectivity index (χ1n) is 6.63. The van der Waals surface area contributed by atoms with Gasteiger partial charge in [0.2, 0.25) is 0 Å². The molecule has 1 N–H and O–H groups in total. The summed E-state index contributed by atoms with van der Waals surface area (Å²) in [5.74, 6) is 0.856. The molecule has 1 aromatic rings. The molecule has 0 aliphatic rings. The number of hydrogen-bond donors (Lipinski definition) is 1. The van der Waals surface area contributed by atoms with E-state index in [0.717, 1.165) is 5.82 Å². The molecule has 96 valence electrons. The topological polar surface area (TPSA) is 41.6 Å². The second-order valence-corrected chi connectivity index (χ2v) is 3.49. The molecule has 16 heavy (non-hydrogen) atoms. The van der Waals surface area contributed by atoms with Gasteiger partial charge in [-0.25, -0.2) is 4.98 Å². The van der Waals surface area contributed by atoms with E-state index in [0.29, 0.717) is 0 Å². The molecule has 0 aliphatic heterocycles.